The molecule has 0 amide bonds. The van der Waals surface area contributed by atoms with E-state index in [0.717, 1.165) is 17.8 Å². The Morgan fingerprint density at radius 3 is 1.93 bits per heavy atom. The van der Waals surface area contributed by atoms with Crippen LogP contribution in [0.25, 0.3) is 0 Å². The van der Waals surface area contributed by atoms with Crippen molar-refractivity contribution in [2.75, 3.05) is 13.1 Å². The van der Waals surface area contributed by atoms with Crippen LogP contribution in [0.3, 0.4) is 0 Å². The standard InChI is InChI=1S/C14H27N/c1-2-12-3-5-13(6-4-12)11-14-7-9-15-10-8-14/h12-15H,2-11H2,1H3. The van der Waals surface area contributed by atoms with Crippen LogP contribution < -0.4 is 5.32 Å². The molecule has 0 bridgehead atoms. The predicted octanol–water partition coefficient (Wildman–Crippen LogP) is 3.59. The SMILES string of the molecule is CCC1CCC(CC2CCNCC2)CC1. The molecule has 1 aliphatic carbocycles. The summed E-state index contributed by atoms with van der Waals surface area (Å²) in [5.74, 6) is 3.19. The molecule has 15 heavy (non-hydrogen) atoms. The average Bonchev–Trinajstić information content (AvgIpc) is 2.31. The molecule has 0 aromatic carbocycles. The van der Waals surface area contributed by atoms with Crippen molar-refractivity contribution in [2.45, 2.75) is 58.3 Å². The van der Waals surface area contributed by atoms with Gasteiger partial charge in [-0.1, -0.05) is 39.0 Å². The van der Waals surface area contributed by atoms with Gasteiger partial charge in [0.25, 0.3) is 0 Å². The molecule has 1 heterocycles. The Labute approximate surface area is 95.0 Å². The summed E-state index contributed by atoms with van der Waals surface area (Å²) in [6.45, 7) is 4.90. The third-order valence-electron chi connectivity index (χ3n) is 4.67. The van der Waals surface area contributed by atoms with Crippen molar-refractivity contribution in [1.82, 2.24) is 5.32 Å². The lowest BCUT2D eigenvalue weighted by Crippen LogP contribution is -2.29. The van der Waals surface area contributed by atoms with Gasteiger partial charge in [-0.15, -0.1) is 0 Å². The zero-order chi connectivity index (χ0) is 10.5. The van der Waals surface area contributed by atoms with Crippen molar-refractivity contribution in [1.29, 1.82) is 0 Å². The van der Waals surface area contributed by atoms with E-state index in [4.69, 9.17) is 0 Å². The fraction of sp³-hybridized carbons (Fsp3) is 1.00. The highest BCUT2D eigenvalue weighted by molar-refractivity contribution is 4.77. The lowest BCUT2D eigenvalue weighted by molar-refractivity contribution is 0.213. The van der Waals surface area contributed by atoms with Gasteiger partial charge in [0.2, 0.25) is 0 Å². The van der Waals surface area contributed by atoms with Crippen LogP contribution in [0.5, 0.6) is 0 Å². The minimum Gasteiger partial charge on any atom is -0.317 e. The number of nitrogens with one attached hydrogen (secondary N) is 1. The van der Waals surface area contributed by atoms with Gasteiger partial charge in [0.05, 0.1) is 0 Å². The third kappa shape index (κ3) is 3.48. The molecule has 88 valence electrons. The summed E-state index contributed by atoms with van der Waals surface area (Å²) in [7, 11) is 0. The van der Waals surface area contributed by atoms with Crippen molar-refractivity contribution in [3.63, 3.8) is 0 Å². The van der Waals surface area contributed by atoms with Crippen LogP contribution in [0.2, 0.25) is 0 Å². The molecule has 0 radical (unpaired) electrons. The Morgan fingerprint density at radius 2 is 1.33 bits per heavy atom. The van der Waals surface area contributed by atoms with Crippen molar-refractivity contribution < 1.29 is 0 Å². The summed E-state index contributed by atoms with van der Waals surface area (Å²) in [4.78, 5) is 0. The van der Waals surface area contributed by atoms with Gasteiger partial charge < -0.3 is 5.32 Å². The second kappa shape index (κ2) is 5.89. The molecule has 1 saturated heterocycles. The molecule has 2 rings (SSSR count). The lowest BCUT2D eigenvalue weighted by atomic mass is 9.76. The number of piperidine rings is 1. The molecule has 1 heteroatoms. The van der Waals surface area contributed by atoms with Gasteiger partial charge in [0.15, 0.2) is 0 Å². The lowest BCUT2D eigenvalue weighted by Gasteiger charge is -2.32. The van der Waals surface area contributed by atoms with Crippen molar-refractivity contribution in [2.24, 2.45) is 17.8 Å². The molecule has 1 nitrogen and oxygen atoms in total. The average molecular weight is 209 g/mol. The molecule has 0 atom stereocenters. The zero-order valence-corrected chi connectivity index (χ0v) is 10.3. The topological polar surface area (TPSA) is 12.0 Å². The van der Waals surface area contributed by atoms with Crippen LogP contribution in [-0.4, -0.2) is 13.1 Å². The highest BCUT2D eigenvalue weighted by atomic mass is 14.9. The smallest absolute Gasteiger partial charge is 0.00463 e. The van der Waals surface area contributed by atoms with Crippen molar-refractivity contribution >= 4 is 0 Å². The van der Waals surface area contributed by atoms with E-state index in [2.05, 4.69) is 12.2 Å². The molecule has 0 unspecified atom stereocenters. The van der Waals surface area contributed by atoms with E-state index in [1.54, 1.807) is 0 Å². The van der Waals surface area contributed by atoms with Crippen LogP contribution in [0.1, 0.15) is 58.3 Å². The van der Waals surface area contributed by atoms with E-state index < -0.39 is 0 Å². The highest BCUT2D eigenvalue weighted by Crippen LogP contribution is 2.35. The molecule has 1 N–H and O–H groups in total. The third-order valence-corrected chi connectivity index (χ3v) is 4.67. The van der Waals surface area contributed by atoms with E-state index in [-0.39, 0.29) is 0 Å². The second-order valence-electron chi connectivity index (χ2n) is 5.72. The Hall–Kier alpha value is -0.0400. The zero-order valence-electron chi connectivity index (χ0n) is 10.3. The van der Waals surface area contributed by atoms with Gasteiger partial charge in [-0.2, -0.15) is 0 Å². The molecule has 2 aliphatic rings. The Balaban J connectivity index is 1.67. The predicted molar refractivity (Wildman–Crippen MR) is 65.9 cm³/mol. The summed E-state index contributed by atoms with van der Waals surface area (Å²) < 4.78 is 0. The summed E-state index contributed by atoms with van der Waals surface area (Å²) >= 11 is 0. The van der Waals surface area contributed by atoms with E-state index in [1.165, 1.54) is 64.5 Å². The first-order valence-corrected chi connectivity index (χ1v) is 7.09. The van der Waals surface area contributed by atoms with E-state index in [9.17, 15) is 0 Å². The quantitative estimate of drug-likeness (QED) is 0.749. The van der Waals surface area contributed by atoms with Crippen LogP contribution in [-0.2, 0) is 0 Å². The molecule has 1 aliphatic heterocycles. The summed E-state index contributed by atoms with van der Waals surface area (Å²) in [6, 6.07) is 0. The van der Waals surface area contributed by atoms with Gasteiger partial charge in [0, 0.05) is 0 Å². The first kappa shape index (κ1) is 11.4. The summed E-state index contributed by atoms with van der Waals surface area (Å²) in [6.07, 6.45) is 11.9. The van der Waals surface area contributed by atoms with Crippen LogP contribution >= 0.6 is 0 Å². The fourth-order valence-electron chi connectivity index (χ4n) is 3.46. The van der Waals surface area contributed by atoms with Gasteiger partial charge in [-0.25, -0.2) is 0 Å². The second-order valence-corrected chi connectivity index (χ2v) is 5.72. The van der Waals surface area contributed by atoms with Gasteiger partial charge in [-0.05, 0) is 50.1 Å². The van der Waals surface area contributed by atoms with Crippen LogP contribution in [0.15, 0.2) is 0 Å². The molecule has 0 spiro atoms. The Morgan fingerprint density at radius 1 is 0.800 bits per heavy atom. The Bertz CT molecular complexity index is 164. The molecular weight excluding hydrogens is 182 g/mol. The first-order chi connectivity index (χ1) is 7.38. The number of rotatable bonds is 3. The molecular formula is C14H27N. The van der Waals surface area contributed by atoms with Gasteiger partial charge in [-0.3, -0.25) is 0 Å². The molecule has 1 saturated carbocycles. The molecule has 0 aromatic rings. The minimum absolute atomic E-state index is 1.05. The van der Waals surface area contributed by atoms with E-state index in [0.29, 0.717) is 0 Å². The molecule has 2 fully saturated rings. The maximum atomic E-state index is 3.47. The van der Waals surface area contributed by atoms with E-state index in [1.807, 2.05) is 0 Å². The summed E-state index contributed by atoms with van der Waals surface area (Å²) in [5.41, 5.74) is 0. The van der Waals surface area contributed by atoms with Gasteiger partial charge >= 0.3 is 0 Å². The number of hydrogen-bond acceptors (Lipinski definition) is 1. The maximum Gasteiger partial charge on any atom is -0.00463 e. The van der Waals surface area contributed by atoms with Gasteiger partial charge in [0.1, 0.15) is 0 Å². The van der Waals surface area contributed by atoms with Crippen molar-refractivity contribution in [3.8, 4) is 0 Å². The monoisotopic (exact) mass is 209 g/mol. The minimum atomic E-state index is 1.05. The van der Waals surface area contributed by atoms with Crippen LogP contribution in [0.4, 0.5) is 0 Å². The number of hydrogen-bond donors (Lipinski definition) is 1. The fourth-order valence-corrected chi connectivity index (χ4v) is 3.46. The van der Waals surface area contributed by atoms with E-state index >= 15 is 0 Å². The Kier molecular flexibility index (Phi) is 4.49. The molecule has 0 aromatic heterocycles. The highest BCUT2D eigenvalue weighted by Gasteiger charge is 2.23. The first-order valence-electron chi connectivity index (χ1n) is 7.09. The summed E-state index contributed by atoms with van der Waals surface area (Å²) in [5, 5.41) is 3.47. The largest absolute Gasteiger partial charge is 0.317 e. The van der Waals surface area contributed by atoms with Crippen molar-refractivity contribution in [3.05, 3.63) is 0 Å². The van der Waals surface area contributed by atoms with Crippen LogP contribution in [0, 0.1) is 17.8 Å². The maximum absolute atomic E-state index is 3.47. The normalized spacial score (nSPS) is 34.2.